The number of amides is 2. The lowest BCUT2D eigenvalue weighted by Crippen LogP contribution is -2.49. The largest absolute Gasteiger partial charge is 0.495 e. The number of para-hydroxylation sites is 2. The number of nitrogens with one attached hydrogen (secondary N) is 1. The van der Waals surface area contributed by atoms with Crippen LogP contribution in [0.25, 0.3) is 0 Å². The molecular weight excluding hydrogens is 256 g/mol. The molecule has 110 valence electrons. The fourth-order valence-electron chi connectivity index (χ4n) is 1.97. The van der Waals surface area contributed by atoms with Crippen LogP contribution in [0.2, 0.25) is 0 Å². The maximum absolute atomic E-state index is 12.2. The van der Waals surface area contributed by atoms with Gasteiger partial charge in [-0.15, -0.1) is 0 Å². The summed E-state index contributed by atoms with van der Waals surface area (Å²) in [6.07, 6.45) is 0. The summed E-state index contributed by atoms with van der Waals surface area (Å²) in [5.41, 5.74) is 0.0857. The number of hydrogen-bond donors (Lipinski definition) is 1. The van der Waals surface area contributed by atoms with Gasteiger partial charge < -0.3 is 15.0 Å². The monoisotopic (exact) mass is 278 g/mol. The molecule has 0 saturated heterocycles. The molecule has 0 atom stereocenters. The Hall–Kier alpha value is -2.04. The zero-order chi connectivity index (χ0) is 15.3. The van der Waals surface area contributed by atoms with Gasteiger partial charge >= 0.3 is 11.8 Å². The molecule has 0 spiro atoms. The van der Waals surface area contributed by atoms with Crippen LogP contribution in [-0.4, -0.2) is 35.9 Å². The number of methoxy groups -OCH3 is 1. The Morgan fingerprint density at radius 2 is 1.85 bits per heavy atom. The number of hydrogen-bond acceptors (Lipinski definition) is 3. The normalized spacial score (nSPS) is 10.8. The van der Waals surface area contributed by atoms with E-state index in [2.05, 4.69) is 5.32 Å². The summed E-state index contributed by atoms with van der Waals surface area (Å²) in [7, 11) is 1.51. The van der Waals surface area contributed by atoms with E-state index < -0.39 is 17.4 Å². The Bertz CT molecular complexity index is 492. The summed E-state index contributed by atoms with van der Waals surface area (Å²) in [4.78, 5) is 25.8. The van der Waals surface area contributed by atoms with Crippen LogP contribution in [0.4, 0.5) is 5.69 Å². The molecule has 1 aromatic carbocycles. The lowest BCUT2D eigenvalue weighted by atomic mass is 10.1. The Morgan fingerprint density at radius 1 is 1.25 bits per heavy atom. The quantitative estimate of drug-likeness (QED) is 0.863. The van der Waals surface area contributed by atoms with E-state index in [9.17, 15) is 9.59 Å². The molecule has 0 heterocycles. The number of nitrogens with zero attached hydrogens (tertiary/aromatic N) is 1. The van der Waals surface area contributed by atoms with Crippen molar-refractivity contribution in [2.24, 2.45) is 0 Å². The molecule has 0 aliphatic carbocycles. The predicted molar refractivity (Wildman–Crippen MR) is 78.8 cm³/mol. The summed E-state index contributed by atoms with van der Waals surface area (Å²) in [6.45, 7) is 8.00. The Morgan fingerprint density at radius 3 is 2.35 bits per heavy atom. The van der Waals surface area contributed by atoms with Gasteiger partial charge in [0, 0.05) is 12.1 Å². The van der Waals surface area contributed by atoms with Crippen LogP contribution in [0.3, 0.4) is 0 Å². The van der Waals surface area contributed by atoms with E-state index in [-0.39, 0.29) is 0 Å². The van der Waals surface area contributed by atoms with Crippen molar-refractivity contribution in [2.75, 3.05) is 19.0 Å². The van der Waals surface area contributed by atoms with Gasteiger partial charge in [-0.05, 0) is 39.8 Å². The van der Waals surface area contributed by atoms with Crippen LogP contribution in [0, 0.1) is 0 Å². The third kappa shape index (κ3) is 3.73. The highest BCUT2D eigenvalue weighted by Gasteiger charge is 2.29. The first-order valence-electron chi connectivity index (χ1n) is 6.57. The van der Waals surface area contributed by atoms with Gasteiger partial charge in [0.05, 0.1) is 12.8 Å². The van der Waals surface area contributed by atoms with E-state index in [0.717, 1.165) is 0 Å². The summed E-state index contributed by atoms with van der Waals surface area (Å²) in [5, 5.41) is 2.59. The Balaban J connectivity index is 2.88. The highest BCUT2D eigenvalue weighted by atomic mass is 16.5. The van der Waals surface area contributed by atoms with Gasteiger partial charge in [0.2, 0.25) is 0 Å². The molecule has 1 N–H and O–H groups in total. The van der Waals surface area contributed by atoms with E-state index in [1.165, 1.54) is 12.0 Å². The van der Waals surface area contributed by atoms with Gasteiger partial charge in [0.15, 0.2) is 0 Å². The van der Waals surface area contributed by atoms with Crippen LogP contribution in [0.1, 0.15) is 27.7 Å². The van der Waals surface area contributed by atoms with Crippen LogP contribution in [0.5, 0.6) is 5.75 Å². The average Bonchev–Trinajstić information content (AvgIpc) is 2.38. The van der Waals surface area contributed by atoms with E-state index >= 15 is 0 Å². The topological polar surface area (TPSA) is 58.6 Å². The third-order valence-corrected chi connectivity index (χ3v) is 2.92. The fraction of sp³-hybridized carbons (Fsp3) is 0.467. The number of ether oxygens (including phenoxy) is 1. The van der Waals surface area contributed by atoms with Gasteiger partial charge in [-0.2, -0.15) is 0 Å². The maximum atomic E-state index is 12.2. The molecule has 0 aromatic heterocycles. The van der Waals surface area contributed by atoms with E-state index in [1.807, 2.05) is 27.7 Å². The zero-order valence-electron chi connectivity index (χ0n) is 12.7. The van der Waals surface area contributed by atoms with Gasteiger partial charge in [0.1, 0.15) is 5.75 Å². The average molecular weight is 278 g/mol. The number of carbonyl (C=O) groups is 2. The van der Waals surface area contributed by atoms with Gasteiger partial charge in [0.25, 0.3) is 0 Å². The summed E-state index contributed by atoms with van der Waals surface area (Å²) in [6, 6.07) is 6.98. The predicted octanol–water partition coefficient (Wildman–Crippen LogP) is 2.28. The molecule has 0 bridgehead atoms. The first-order chi connectivity index (χ1) is 9.31. The minimum atomic E-state index is -0.661. The van der Waals surface area contributed by atoms with Gasteiger partial charge in [-0.1, -0.05) is 12.1 Å². The second-order valence-corrected chi connectivity index (χ2v) is 5.37. The molecule has 0 fully saturated rings. The van der Waals surface area contributed by atoms with Crippen molar-refractivity contribution < 1.29 is 14.3 Å². The molecule has 0 saturated carbocycles. The van der Waals surface area contributed by atoms with E-state index in [1.54, 1.807) is 24.3 Å². The van der Waals surface area contributed by atoms with Crippen molar-refractivity contribution >= 4 is 17.5 Å². The van der Waals surface area contributed by atoms with Crippen LogP contribution >= 0.6 is 0 Å². The number of carbonyl (C=O) groups excluding carboxylic acids is 2. The standard InChI is InChI=1S/C15H22N2O3/c1-6-17(15(2,3)4)14(19)13(18)16-11-9-7-8-10-12(11)20-5/h7-10H,6H2,1-5H3,(H,16,18). The van der Waals surface area contributed by atoms with Gasteiger partial charge in [-0.3, -0.25) is 9.59 Å². The summed E-state index contributed by atoms with van der Waals surface area (Å²) >= 11 is 0. The smallest absolute Gasteiger partial charge is 0.314 e. The number of benzene rings is 1. The first-order valence-corrected chi connectivity index (χ1v) is 6.57. The highest BCUT2D eigenvalue weighted by molar-refractivity contribution is 6.39. The molecule has 0 radical (unpaired) electrons. The second-order valence-electron chi connectivity index (χ2n) is 5.37. The molecule has 5 nitrogen and oxygen atoms in total. The molecule has 1 rings (SSSR count). The molecule has 0 aliphatic heterocycles. The van der Waals surface area contributed by atoms with Crippen LogP contribution in [0.15, 0.2) is 24.3 Å². The van der Waals surface area contributed by atoms with Gasteiger partial charge in [-0.25, -0.2) is 0 Å². The van der Waals surface area contributed by atoms with Crippen molar-refractivity contribution in [1.29, 1.82) is 0 Å². The van der Waals surface area contributed by atoms with Crippen molar-refractivity contribution in [3.8, 4) is 5.75 Å². The summed E-state index contributed by atoms with van der Waals surface area (Å²) in [5.74, 6) is -0.690. The minimum absolute atomic E-state index is 0.399. The zero-order valence-corrected chi connectivity index (χ0v) is 12.7. The second kappa shape index (κ2) is 6.41. The molecular formula is C15H22N2O3. The highest BCUT2D eigenvalue weighted by Crippen LogP contribution is 2.23. The van der Waals surface area contributed by atoms with E-state index in [4.69, 9.17) is 4.74 Å². The lowest BCUT2D eigenvalue weighted by molar-refractivity contribution is -0.146. The number of anilines is 1. The van der Waals surface area contributed by atoms with E-state index in [0.29, 0.717) is 18.0 Å². The van der Waals surface area contributed by atoms with Crippen LogP contribution in [-0.2, 0) is 9.59 Å². The lowest BCUT2D eigenvalue weighted by Gasteiger charge is -2.34. The molecule has 1 aromatic rings. The molecule has 5 heteroatoms. The molecule has 0 unspecified atom stereocenters. The van der Waals surface area contributed by atoms with Crippen molar-refractivity contribution in [2.45, 2.75) is 33.2 Å². The van der Waals surface area contributed by atoms with Crippen molar-refractivity contribution in [1.82, 2.24) is 4.90 Å². The minimum Gasteiger partial charge on any atom is -0.495 e. The SMILES string of the molecule is CCN(C(=O)C(=O)Nc1ccccc1OC)C(C)(C)C. The summed E-state index contributed by atoms with van der Waals surface area (Å²) < 4.78 is 5.14. The maximum Gasteiger partial charge on any atom is 0.314 e. The fourth-order valence-corrected chi connectivity index (χ4v) is 1.97. The Kier molecular flexibility index (Phi) is 5.13. The van der Waals surface area contributed by atoms with Crippen LogP contribution < -0.4 is 10.1 Å². The number of likely N-dealkylation sites (N-methyl/N-ethyl adjacent to an activating group) is 1. The third-order valence-electron chi connectivity index (χ3n) is 2.92. The molecule has 0 aliphatic rings. The number of rotatable bonds is 3. The molecule has 20 heavy (non-hydrogen) atoms. The van der Waals surface area contributed by atoms with Crippen molar-refractivity contribution in [3.05, 3.63) is 24.3 Å². The molecule has 2 amide bonds. The first kappa shape index (κ1) is 16.0. The van der Waals surface area contributed by atoms with Crippen molar-refractivity contribution in [3.63, 3.8) is 0 Å². The Labute approximate surface area is 119 Å².